The summed E-state index contributed by atoms with van der Waals surface area (Å²) in [7, 11) is 0. The minimum absolute atomic E-state index is 0.00842. The lowest BCUT2D eigenvalue weighted by Crippen LogP contribution is -2.45. The van der Waals surface area contributed by atoms with Gasteiger partial charge in [-0.2, -0.15) is 0 Å². The molecule has 1 aromatic rings. The monoisotopic (exact) mass is 266 g/mol. The molecule has 1 fully saturated rings. The molecular formula is C13H18N2O2S. The number of nitrogens with zero attached hydrogens (tertiary/aromatic N) is 1. The molecule has 1 aromatic heterocycles. The third-order valence-corrected chi connectivity index (χ3v) is 4.15. The van der Waals surface area contributed by atoms with Crippen LogP contribution in [0.15, 0.2) is 17.5 Å². The largest absolute Gasteiger partial charge is 0.354 e. The molecule has 2 amide bonds. The summed E-state index contributed by atoms with van der Waals surface area (Å²) in [5.74, 6) is -0.0230. The Morgan fingerprint density at radius 3 is 3.06 bits per heavy atom. The molecule has 98 valence electrons. The van der Waals surface area contributed by atoms with Crippen LogP contribution in [-0.2, 0) is 16.0 Å². The molecule has 0 bridgehead atoms. The molecule has 1 N–H and O–H groups in total. The van der Waals surface area contributed by atoms with Crippen LogP contribution in [0.4, 0.5) is 0 Å². The van der Waals surface area contributed by atoms with Crippen LogP contribution in [-0.4, -0.2) is 35.8 Å². The molecule has 18 heavy (non-hydrogen) atoms. The van der Waals surface area contributed by atoms with E-state index in [2.05, 4.69) is 11.4 Å². The normalized spacial score (nSPS) is 18.9. The minimum Gasteiger partial charge on any atom is -0.354 e. The SMILES string of the molecule is CC(=O)N1CCCC1C(=O)NCCc1cccs1. The van der Waals surface area contributed by atoms with E-state index in [0.717, 1.165) is 19.3 Å². The quantitative estimate of drug-likeness (QED) is 0.896. The van der Waals surface area contributed by atoms with Crippen LogP contribution < -0.4 is 5.32 Å². The maximum atomic E-state index is 12.0. The Hall–Kier alpha value is -1.36. The minimum atomic E-state index is -0.258. The van der Waals surface area contributed by atoms with Gasteiger partial charge in [0.25, 0.3) is 0 Å². The average Bonchev–Trinajstić information content (AvgIpc) is 2.99. The van der Waals surface area contributed by atoms with Crippen molar-refractivity contribution in [3.8, 4) is 0 Å². The third kappa shape index (κ3) is 3.10. The van der Waals surface area contributed by atoms with Crippen molar-refractivity contribution in [1.82, 2.24) is 10.2 Å². The van der Waals surface area contributed by atoms with E-state index >= 15 is 0 Å². The van der Waals surface area contributed by atoms with E-state index in [-0.39, 0.29) is 17.9 Å². The highest BCUT2D eigenvalue weighted by atomic mass is 32.1. The van der Waals surface area contributed by atoms with Gasteiger partial charge >= 0.3 is 0 Å². The second kappa shape index (κ2) is 6.00. The summed E-state index contributed by atoms with van der Waals surface area (Å²) in [6, 6.07) is 3.82. The zero-order valence-corrected chi connectivity index (χ0v) is 11.3. The lowest BCUT2D eigenvalue weighted by molar-refractivity contribution is -0.136. The van der Waals surface area contributed by atoms with Gasteiger partial charge in [0.05, 0.1) is 0 Å². The van der Waals surface area contributed by atoms with E-state index in [1.807, 2.05) is 11.4 Å². The maximum Gasteiger partial charge on any atom is 0.242 e. The number of carbonyl (C=O) groups excluding carboxylic acids is 2. The molecule has 1 aliphatic rings. The van der Waals surface area contributed by atoms with Crippen molar-refractivity contribution in [3.63, 3.8) is 0 Å². The van der Waals surface area contributed by atoms with Crippen LogP contribution in [0.2, 0.25) is 0 Å². The van der Waals surface area contributed by atoms with Crippen LogP contribution in [0.25, 0.3) is 0 Å². The lowest BCUT2D eigenvalue weighted by atomic mass is 10.2. The topological polar surface area (TPSA) is 49.4 Å². The second-order valence-electron chi connectivity index (χ2n) is 4.49. The summed E-state index contributed by atoms with van der Waals surface area (Å²) < 4.78 is 0. The van der Waals surface area contributed by atoms with E-state index in [0.29, 0.717) is 13.1 Å². The molecule has 0 aliphatic carbocycles. The fourth-order valence-corrected chi connectivity index (χ4v) is 3.01. The van der Waals surface area contributed by atoms with Crippen LogP contribution in [0.3, 0.4) is 0 Å². The molecule has 0 saturated carbocycles. The first-order chi connectivity index (χ1) is 8.68. The summed E-state index contributed by atoms with van der Waals surface area (Å²) in [4.78, 5) is 26.3. The number of thiophene rings is 1. The molecule has 0 radical (unpaired) electrons. The molecule has 1 atom stereocenters. The Morgan fingerprint density at radius 1 is 1.56 bits per heavy atom. The standard InChI is InChI=1S/C13H18N2O2S/c1-10(16)15-8-2-5-12(15)13(17)14-7-6-11-4-3-9-18-11/h3-4,9,12H,2,5-8H2,1H3,(H,14,17). The van der Waals surface area contributed by atoms with Crippen LogP contribution in [0.1, 0.15) is 24.6 Å². The smallest absolute Gasteiger partial charge is 0.242 e. The van der Waals surface area contributed by atoms with Crippen molar-refractivity contribution in [2.45, 2.75) is 32.2 Å². The lowest BCUT2D eigenvalue weighted by Gasteiger charge is -2.22. The van der Waals surface area contributed by atoms with Crippen LogP contribution in [0, 0.1) is 0 Å². The Balaban J connectivity index is 1.79. The first-order valence-corrected chi connectivity index (χ1v) is 7.14. The van der Waals surface area contributed by atoms with E-state index in [9.17, 15) is 9.59 Å². The van der Waals surface area contributed by atoms with Crippen molar-refractivity contribution in [3.05, 3.63) is 22.4 Å². The Morgan fingerprint density at radius 2 is 2.39 bits per heavy atom. The summed E-state index contributed by atoms with van der Waals surface area (Å²) in [6.45, 7) is 2.87. The van der Waals surface area contributed by atoms with Crippen molar-refractivity contribution < 1.29 is 9.59 Å². The molecule has 2 rings (SSSR count). The summed E-state index contributed by atoms with van der Waals surface area (Å²) >= 11 is 1.70. The molecular weight excluding hydrogens is 248 g/mol. The Kier molecular flexibility index (Phi) is 4.36. The fraction of sp³-hybridized carbons (Fsp3) is 0.538. The first-order valence-electron chi connectivity index (χ1n) is 6.26. The fourth-order valence-electron chi connectivity index (χ4n) is 2.30. The van der Waals surface area contributed by atoms with Crippen molar-refractivity contribution >= 4 is 23.2 Å². The van der Waals surface area contributed by atoms with Gasteiger partial charge in [0.2, 0.25) is 11.8 Å². The number of carbonyl (C=O) groups is 2. The Labute approximate surface area is 111 Å². The van der Waals surface area contributed by atoms with Crippen LogP contribution >= 0.6 is 11.3 Å². The summed E-state index contributed by atoms with van der Waals surface area (Å²) in [5.41, 5.74) is 0. The second-order valence-corrected chi connectivity index (χ2v) is 5.52. The van der Waals surface area contributed by atoms with Gasteiger partial charge in [-0.05, 0) is 30.7 Å². The maximum absolute atomic E-state index is 12.0. The average molecular weight is 266 g/mol. The van der Waals surface area contributed by atoms with Crippen molar-refractivity contribution in [2.24, 2.45) is 0 Å². The number of rotatable bonds is 4. The number of likely N-dealkylation sites (tertiary alicyclic amines) is 1. The number of nitrogens with one attached hydrogen (secondary N) is 1. The molecule has 1 aliphatic heterocycles. The highest BCUT2D eigenvalue weighted by Gasteiger charge is 2.31. The zero-order chi connectivity index (χ0) is 13.0. The first kappa shape index (κ1) is 13.1. The molecule has 0 spiro atoms. The summed E-state index contributed by atoms with van der Waals surface area (Å²) in [5, 5.41) is 4.95. The third-order valence-electron chi connectivity index (χ3n) is 3.21. The van der Waals surface area contributed by atoms with E-state index in [1.165, 1.54) is 11.8 Å². The van der Waals surface area contributed by atoms with Gasteiger partial charge in [0.15, 0.2) is 0 Å². The zero-order valence-electron chi connectivity index (χ0n) is 10.5. The van der Waals surface area contributed by atoms with Crippen molar-refractivity contribution in [1.29, 1.82) is 0 Å². The van der Waals surface area contributed by atoms with Gasteiger partial charge in [0, 0.05) is 24.9 Å². The predicted molar refractivity (Wildman–Crippen MR) is 71.4 cm³/mol. The van der Waals surface area contributed by atoms with Gasteiger partial charge in [0.1, 0.15) is 6.04 Å². The van der Waals surface area contributed by atoms with Gasteiger partial charge in [-0.3, -0.25) is 9.59 Å². The Bertz CT molecular complexity index is 417. The molecule has 5 heteroatoms. The van der Waals surface area contributed by atoms with E-state index in [4.69, 9.17) is 0 Å². The summed E-state index contributed by atoms with van der Waals surface area (Å²) in [6.07, 6.45) is 2.56. The van der Waals surface area contributed by atoms with E-state index in [1.54, 1.807) is 16.2 Å². The van der Waals surface area contributed by atoms with Gasteiger partial charge in [-0.15, -0.1) is 11.3 Å². The van der Waals surface area contributed by atoms with Gasteiger partial charge in [-0.1, -0.05) is 6.07 Å². The highest BCUT2D eigenvalue weighted by Crippen LogP contribution is 2.17. The van der Waals surface area contributed by atoms with E-state index < -0.39 is 0 Å². The van der Waals surface area contributed by atoms with Gasteiger partial charge in [-0.25, -0.2) is 0 Å². The number of amides is 2. The van der Waals surface area contributed by atoms with Crippen LogP contribution in [0.5, 0.6) is 0 Å². The number of hydrogen-bond donors (Lipinski definition) is 1. The molecule has 0 aromatic carbocycles. The van der Waals surface area contributed by atoms with Crippen molar-refractivity contribution in [2.75, 3.05) is 13.1 Å². The molecule has 2 heterocycles. The van der Waals surface area contributed by atoms with Gasteiger partial charge < -0.3 is 10.2 Å². The molecule has 4 nitrogen and oxygen atoms in total. The highest BCUT2D eigenvalue weighted by molar-refractivity contribution is 7.09. The number of hydrogen-bond acceptors (Lipinski definition) is 3. The molecule has 1 unspecified atom stereocenters. The predicted octanol–water partition coefficient (Wildman–Crippen LogP) is 1.42. The molecule has 1 saturated heterocycles.